The van der Waals surface area contributed by atoms with Gasteiger partial charge in [0.25, 0.3) is 0 Å². The van der Waals surface area contributed by atoms with E-state index in [9.17, 15) is 0 Å². The summed E-state index contributed by atoms with van der Waals surface area (Å²) in [4.78, 5) is 2.42. The first-order valence-electron chi connectivity index (χ1n) is 22.7. The molecule has 0 radical (unpaired) electrons. The van der Waals surface area contributed by atoms with Gasteiger partial charge in [-0.3, -0.25) is 0 Å². The largest absolute Gasteiger partial charge is 0.344 e. The molecule has 2 heterocycles. The summed E-state index contributed by atoms with van der Waals surface area (Å²) in [7, 11) is 2.23. The van der Waals surface area contributed by atoms with Crippen LogP contribution < -0.4 is 0 Å². The van der Waals surface area contributed by atoms with Crippen molar-refractivity contribution in [2.45, 2.75) is 231 Å². The van der Waals surface area contributed by atoms with E-state index in [1.54, 1.807) is 0 Å². The van der Waals surface area contributed by atoms with Gasteiger partial charge in [-0.05, 0) is 109 Å². The number of ether oxygens (including phenoxy) is 2. The molecule has 0 N–H and O–H groups in total. The van der Waals surface area contributed by atoms with Crippen molar-refractivity contribution < 1.29 is 9.47 Å². The van der Waals surface area contributed by atoms with E-state index in [-0.39, 0.29) is 11.9 Å². The molecule has 294 valence electrons. The Hall–Kier alpha value is -1.16. The fourth-order valence-electron chi connectivity index (χ4n) is 8.88. The standard InChI is InChI=1S/C48H85NO2/c1-4-6-8-10-12-14-16-18-20-22-24-26-28-30-32-34-37-47(39-41-48(42-40-47)50-45-36-43-49(3)44-46(45)51-48)38-35-33-31-29-27-25-23-21-19-17-15-13-11-9-7-5-2/h12-15,18-21,45-46H,4-11,16-17,22-44H2,1-3H3/b14-12-,15-13-,20-18-,21-19-/t45-,46-/m0/s1. The van der Waals surface area contributed by atoms with Crippen LogP contribution in [0.15, 0.2) is 48.6 Å². The van der Waals surface area contributed by atoms with Gasteiger partial charge < -0.3 is 14.4 Å². The highest BCUT2D eigenvalue weighted by atomic mass is 16.8. The summed E-state index contributed by atoms with van der Waals surface area (Å²) >= 11 is 0. The Bertz CT molecular complexity index is 891. The third-order valence-electron chi connectivity index (χ3n) is 12.3. The van der Waals surface area contributed by atoms with E-state index in [0.29, 0.717) is 11.5 Å². The van der Waals surface area contributed by atoms with Gasteiger partial charge in [0.15, 0.2) is 5.79 Å². The summed E-state index contributed by atoms with van der Waals surface area (Å²) in [5, 5.41) is 0. The molecule has 0 amide bonds. The van der Waals surface area contributed by atoms with Gasteiger partial charge in [-0.15, -0.1) is 0 Å². The van der Waals surface area contributed by atoms with Gasteiger partial charge in [-0.25, -0.2) is 0 Å². The van der Waals surface area contributed by atoms with Crippen LogP contribution >= 0.6 is 0 Å². The third-order valence-corrected chi connectivity index (χ3v) is 12.3. The van der Waals surface area contributed by atoms with Crippen LogP contribution in [0.1, 0.15) is 213 Å². The van der Waals surface area contributed by atoms with Gasteiger partial charge in [0.1, 0.15) is 0 Å². The molecule has 1 aliphatic carbocycles. The summed E-state index contributed by atoms with van der Waals surface area (Å²) in [6, 6.07) is 0. The quantitative estimate of drug-likeness (QED) is 0.0548. The second kappa shape index (κ2) is 28.3. The first-order valence-corrected chi connectivity index (χ1v) is 22.7. The fourth-order valence-corrected chi connectivity index (χ4v) is 8.88. The van der Waals surface area contributed by atoms with Crippen LogP contribution in [-0.2, 0) is 9.47 Å². The van der Waals surface area contributed by atoms with E-state index in [4.69, 9.17) is 9.47 Å². The second-order valence-corrected chi connectivity index (χ2v) is 16.9. The minimum absolute atomic E-state index is 0.275. The third kappa shape index (κ3) is 19.7. The normalized spacial score (nSPS) is 22.1. The number of hydrogen-bond acceptors (Lipinski definition) is 3. The highest BCUT2D eigenvalue weighted by Crippen LogP contribution is 2.52. The average molecular weight is 708 g/mol. The number of unbranched alkanes of at least 4 members (excludes halogenated alkanes) is 18. The summed E-state index contributed by atoms with van der Waals surface area (Å²) in [6.45, 7) is 6.74. The Morgan fingerprint density at radius 3 is 1.37 bits per heavy atom. The molecule has 2 saturated heterocycles. The Kier molecular flexibility index (Phi) is 24.6. The highest BCUT2D eigenvalue weighted by molar-refractivity contribution is 4.97. The minimum Gasteiger partial charge on any atom is -0.344 e. The highest BCUT2D eigenvalue weighted by Gasteiger charge is 2.52. The van der Waals surface area contributed by atoms with Crippen molar-refractivity contribution in [3.63, 3.8) is 0 Å². The molecule has 3 nitrogen and oxygen atoms in total. The van der Waals surface area contributed by atoms with Gasteiger partial charge in [-0.1, -0.05) is 152 Å². The summed E-state index contributed by atoms with van der Waals surface area (Å²) in [5.41, 5.74) is 0.521. The lowest BCUT2D eigenvalue weighted by Crippen LogP contribution is -2.43. The molecule has 1 spiro atoms. The molecule has 2 atom stereocenters. The topological polar surface area (TPSA) is 21.7 Å². The zero-order valence-electron chi connectivity index (χ0n) is 34.4. The molecule has 3 rings (SSSR count). The summed E-state index contributed by atoms with van der Waals surface area (Å²) in [6.07, 6.45) is 60.5. The van der Waals surface area contributed by atoms with E-state index in [2.05, 4.69) is 74.4 Å². The number of likely N-dealkylation sites (tertiary alicyclic amines) is 1. The molecule has 2 aliphatic heterocycles. The first-order chi connectivity index (χ1) is 25.1. The van der Waals surface area contributed by atoms with Gasteiger partial charge >= 0.3 is 0 Å². The van der Waals surface area contributed by atoms with E-state index < -0.39 is 0 Å². The van der Waals surface area contributed by atoms with E-state index in [1.165, 1.54) is 167 Å². The maximum atomic E-state index is 6.75. The van der Waals surface area contributed by atoms with Crippen molar-refractivity contribution in [2.75, 3.05) is 20.1 Å². The molecule has 0 aromatic heterocycles. The van der Waals surface area contributed by atoms with Crippen molar-refractivity contribution in [3.05, 3.63) is 48.6 Å². The molecular formula is C48H85NO2. The minimum atomic E-state index is -0.275. The average Bonchev–Trinajstić information content (AvgIpc) is 3.49. The molecule has 0 bridgehead atoms. The molecule has 0 aromatic carbocycles. The molecular weight excluding hydrogens is 623 g/mol. The summed E-state index contributed by atoms with van der Waals surface area (Å²) in [5.74, 6) is -0.275. The van der Waals surface area contributed by atoms with Crippen molar-refractivity contribution in [3.8, 4) is 0 Å². The monoisotopic (exact) mass is 708 g/mol. The van der Waals surface area contributed by atoms with Crippen LogP contribution in [0.25, 0.3) is 0 Å². The van der Waals surface area contributed by atoms with Crippen molar-refractivity contribution in [1.29, 1.82) is 0 Å². The Balaban J connectivity index is 1.28. The SMILES string of the molecule is CCCCC/C=C\C/C=C\CCCCCCCCC1(CCCCCCCC/C=C\C/C=C\CCCCC)CCC2(CC1)O[C@H]1CCN(C)C[C@@H]1O2. The number of nitrogens with zero attached hydrogens (tertiary/aromatic N) is 1. The maximum absolute atomic E-state index is 6.75. The molecule has 0 unspecified atom stereocenters. The van der Waals surface area contributed by atoms with Crippen LogP contribution in [-0.4, -0.2) is 43.0 Å². The number of hydrogen-bond donors (Lipinski definition) is 0. The van der Waals surface area contributed by atoms with Gasteiger partial charge in [-0.2, -0.15) is 0 Å². The smallest absolute Gasteiger partial charge is 0.169 e. The van der Waals surface area contributed by atoms with Crippen LogP contribution in [0.4, 0.5) is 0 Å². The molecule has 3 heteroatoms. The molecule has 3 aliphatic rings. The van der Waals surface area contributed by atoms with Gasteiger partial charge in [0.2, 0.25) is 0 Å². The van der Waals surface area contributed by atoms with Crippen molar-refractivity contribution >= 4 is 0 Å². The number of rotatable bonds is 30. The number of piperidine rings is 1. The molecule has 1 saturated carbocycles. The lowest BCUT2D eigenvalue weighted by atomic mass is 9.66. The predicted molar refractivity (Wildman–Crippen MR) is 223 cm³/mol. The lowest BCUT2D eigenvalue weighted by Gasteiger charge is -2.44. The number of allylic oxidation sites excluding steroid dienone is 8. The molecule has 51 heavy (non-hydrogen) atoms. The lowest BCUT2D eigenvalue weighted by molar-refractivity contribution is -0.208. The van der Waals surface area contributed by atoms with Crippen molar-refractivity contribution in [2.24, 2.45) is 5.41 Å². The van der Waals surface area contributed by atoms with E-state index in [0.717, 1.165) is 45.2 Å². The maximum Gasteiger partial charge on any atom is 0.169 e. The van der Waals surface area contributed by atoms with E-state index >= 15 is 0 Å². The fraction of sp³-hybridized carbons (Fsp3) is 0.833. The van der Waals surface area contributed by atoms with Gasteiger partial charge in [0.05, 0.1) is 12.2 Å². The van der Waals surface area contributed by atoms with Crippen LogP contribution in [0.5, 0.6) is 0 Å². The first kappa shape index (κ1) is 44.2. The molecule has 0 aromatic rings. The van der Waals surface area contributed by atoms with Gasteiger partial charge in [0, 0.05) is 25.9 Å². The zero-order valence-corrected chi connectivity index (χ0v) is 34.4. The van der Waals surface area contributed by atoms with Crippen molar-refractivity contribution in [1.82, 2.24) is 4.90 Å². The van der Waals surface area contributed by atoms with Crippen LogP contribution in [0.2, 0.25) is 0 Å². The summed E-state index contributed by atoms with van der Waals surface area (Å²) < 4.78 is 13.5. The van der Waals surface area contributed by atoms with Crippen LogP contribution in [0.3, 0.4) is 0 Å². The van der Waals surface area contributed by atoms with Crippen LogP contribution in [0, 0.1) is 5.41 Å². The Morgan fingerprint density at radius 1 is 0.490 bits per heavy atom. The predicted octanol–water partition coefficient (Wildman–Crippen LogP) is 14.8. The number of fused-ring (bicyclic) bond motifs is 1. The Labute approximate surface area is 318 Å². The van der Waals surface area contributed by atoms with E-state index in [1.807, 2.05) is 0 Å². The number of likely N-dealkylation sites (N-methyl/N-ethyl adjacent to an activating group) is 1. The second-order valence-electron chi connectivity index (χ2n) is 16.9. The molecule has 3 fully saturated rings. The Morgan fingerprint density at radius 2 is 0.902 bits per heavy atom. The zero-order chi connectivity index (χ0) is 36.1.